The Morgan fingerprint density at radius 3 is 2.77 bits per heavy atom. The number of rotatable bonds is 3. The summed E-state index contributed by atoms with van der Waals surface area (Å²) in [5.41, 5.74) is 2.84. The first-order valence-electron chi connectivity index (χ1n) is 3.77. The molecule has 0 spiro atoms. The van der Waals surface area contributed by atoms with Gasteiger partial charge in [0.15, 0.2) is 0 Å². The average molecular weight is 175 g/mol. The molecule has 0 heterocycles. The van der Waals surface area contributed by atoms with Gasteiger partial charge in [0, 0.05) is 0 Å². The molecule has 0 aliphatic carbocycles. The highest BCUT2D eigenvalue weighted by molar-refractivity contribution is 5.89. The van der Waals surface area contributed by atoms with Crippen molar-refractivity contribution < 1.29 is 9.63 Å². The van der Waals surface area contributed by atoms with Gasteiger partial charge in [0.1, 0.15) is 0 Å². The van der Waals surface area contributed by atoms with E-state index >= 15 is 0 Å². The molecule has 1 aromatic carbocycles. The molecular formula is C10H9NO2. The second-order valence-corrected chi connectivity index (χ2v) is 2.28. The Kier molecular flexibility index (Phi) is 3.55. The molecule has 0 saturated carbocycles. The predicted molar refractivity (Wildman–Crippen MR) is 48.7 cm³/mol. The molecule has 3 heteroatoms. The van der Waals surface area contributed by atoms with E-state index in [1.807, 2.05) is 6.07 Å². The standard InChI is InChI=1S/C10H9NO2/c1-2-8-11-13-10(12)9-6-4-3-5-7-9/h1,3-7,11H,8H2. The van der Waals surface area contributed by atoms with E-state index in [4.69, 9.17) is 6.42 Å². The van der Waals surface area contributed by atoms with E-state index < -0.39 is 5.97 Å². The minimum atomic E-state index is -0.434. The van der Waals surface area contributed by atoms with Crippen LogP contribution in [0.5, 0.6) is 0 Å². The van der Waals surface area contributed by atoms with Crippen molar-refractivity contribution in [2.24, 2.45) is 0 Å². The number of benzene rings is 1. The van der Waals surface area contributed by atoms with Crippen molar-refractivity contribution >= 4 is 5.97 Å². The SMILES string of the molecule is C#CCNOC(=O)c1ccccc1. The second-order valence-electron chi connectivity index (χ2n) is 2.28. The molecule has 0 aliphatic rings. The van der Waals surface area contributed by atoms with Crippen LogP contribution in [0.25, 0.3) is 0 Å². The first-order chi connectivity index (χ1) is 6.34. The molecular weight excluding hydrogens is 166 g/mol. The largest absolute Gasteiger partial charge is 0.366 e. The number of hydroxylamine groups is 1. The minimum absolute atomic E-state index is 0.207. The van der Waals surface area contributed by atoms with Crippen molar-refractivity contribution in [3.8, 4) is 12.3 Å². The normalized spacial score (nSPS) is 8.85. The van der Waals surface area contributed by atoms with Gasteiger partial charge in [-0.2, -0.15) is 0 Å². The van der Waals surface area contributed by atoms with Gasteiger partial charge in [0.2, 0.25) is 0 Å². The minimum Gasteiger partial charge on any atom is -0.366 e. The zero-order valence-electron chi connectivity index (χ0n) is 6.99. The van der Waals surface area contributed by atoms with Crippen molar-refractivity contribution in [1.29, 1.82) is 0 Å². The quantitative estimate of drug-likeness (QED) is 0.423. The first kappa shape index (κ1) is 9.30. The molecule has 0 atom stereocenters. The summed E-state index contributed by atoms with van der Waals surface area (Å²) < 4.78 is 0. The highest BCUT2D eigenvalue weighted by Gasteiger charge is 2.04. The van der Waals surface area contributed by atoms with E-state index in [9.17, 15) is 4.79 Å². The average Bonchev–Trinajstić information content (AvgIpc) is 2.19. The van der Waals surface area contributed by atoms with Crippen LogP contribution in [-0.4, -0.2) is 12.5 Å². The Labute approximate surface area is 76.7 Å². The van der Waals surface area contributed by atoms with Crippen molar-refractivity contribution in [3.63, 3.8) is 0 Å². The van der Waals surface area contributed by atoms with Crippen LogP contribution in [-0.2, 0) is 4.84 Å². The molecule has 1 rings (SSSR count). The summed E-state index contributed by atoms with van der Waals surface area (Å²) in [5.74, 6) is 1.85. The van der Waals surface area contributed by atoms with Crippen molar-refractivity contribution in [3.05, 3.63) is 35.9 Å². The third-order valence-electron chi connectivity index (χ3n) is 1.35. The molecule has 0 saturated heterocycles. The van der Waals surface area contributed by atoms with Crippen LogP contribution in [0.3, 0.4) is 0 Å². The number of carbonyl (C=O) groups is 1. The summed E-state index contributed by atoms with van der Waals surface area (Å²) >= 11 is 0. The van der Waals surface area contributed by atoms with Crippen LogP contribution < -0.4 is 5.48 Å². The lowest BCUT2D eigenvalue weighted by Gasteiger charge is -2.01. The van der Waals surface area contributed by atoms with Gasteiger partial charge < -0.3 is 4.84 Å². The Hall–Kier alpha value is -1.79. The first-order valence-corrected chi connectivity index (χ1v) is 3.77. The Morgan fingerprint density at radius 1 is 1.46 bits per heavy atom. The fraction of sp³-hybridized carbons (Fsp3) is 0.100. The third-order valence-corrected chi connectivity index (χ3v) is 1.35. The van der Waals surface area contributed by atoms with E-state index in [-0.39, 0.29) is 6.54 Å². The number of hydrogen-bond acceptors (Lipinski definition) is 3. The molecule has 0 aromatic heterocycles. The van der Waals surface area contributed by atoms with Crippen molar-refractivity contribution in [2.45, 2.75) is 0 Å². The third kappa shape index (κ3) is 2.97. The van der Waals surface area contributed by atoms with Gasteiger partial charge in [-0.3, -0.25) is 0 Å². The van der Waals surface area contributed by atoms with Crippen molar-refractivity contribution in [1.82, 2.24) is 5.48 Å². The summed E-state index contributed by atoms with van der Waals surface area (Å²) in [6.07, 6.45) is 4.95. The fourth-order valence-electron chi connectivity index (χ4n) is 0.776. The van der Waals surface area contributed by atoms with Gasteiger partial charge >= 0.3 is 5.97 Å². The van der Waals surface area contributed by atoms with Crippen LogP contribution >= 0.6 is 0 Å². The fourth-order valence-corrected chi connectivity index (χ4v) is 0.776. The van der Waals surface area contributed by atoms with Crippen LogP contribution in [0.2, 0.25) is 0 Å². The zero-order chi connectivity index (χ0) is 9.52. The maximum absolute atomic E-state index is 11.2. The van der Waals surface area contributed by atoms with E-state index in [2.05, 4.69) is 16.2 Å². The smallest absolute Gasteiger partial charge is 0.356 e. The molecule has 0 bridgehead atoms. The van der Waals surface area contributed by atoms with E-state index in [1.54, 1.807) is 24.3 Å². The zero-order valence-corrected chi connectivity index (χ0v) is 6.99. The highest BCUT2D eigenvalue weighted by Crippen LogP contribution is 1.99. The maximum Gasteiger partial charge on any atom is 0.356 e. The summed E-state index contributed by atoms with van der Waals surface area (Å²) in [4.78, 5) is 15.8. The molecule has 3 nitrogen and oxygen atoms in total. The number of nitrogens with one attached hydrogen (secondary N) is 1. The van der Waals surface area contributed by atoms with Gasteiger partial charge in [-0.1, -0.05) is 24.1 Å². The van der Waals surface area contributed by atoms with Crippen LogP contribution in [0, 0.1) is 12.3 Å². The monoisotopic (exact) mass is 175 g/mol. The summed E-state index contributed by atoms with van der Waals surface area (Å²) in [7, 11) is 0. The number of hydrogen-bond donors (Lipinski definition) is 1. The molecule has 0 radical (unpaired) electrons. The lowest BCUT2D eigenvalue weighted by Crippen LogP contribution is -2.20. The summed E-state index contributed by atoms with van der Waals surface area (Å²) in [6.45, 7) is 0.207. The van der Waals surface area contributed by atoms with Crippen LogP contribution in [0.4, 0.5) is 0 Å². The van der Waals surface area contributed by atoms with Crippen LogP contribution in [0.1, 0.15) is 10.4 Å². The lowest BCUT2D eigenvalue weighted by atomic mass is 10.2. The van der Waals surface area contributed by atoms with E-state index in [0.29, 0.717) is 5.56 Å². The van der Waals surface area contributed by atoms with E-state index in [0.717, 1.165) is 0 Å². The molecule has 13 heavy (non-hydrogen) atoms. The Balaban J connectivity index is 2.46. The maximum atomic E-state index is 11.2. The molecule has 0 aliphatic heterocycles. The highest BCUT2D eigenvalue weighted by atomic mass is 16.7. The van der Waals surface area contributed by atoms with Gasteiger partial charge in [-0.05, 0) is 12.1 Å². The van der Waals surface area contributed by atoms with Gasteiger partial charge in [0.25, 0.3) is 0 Å². The predicted octanol–water partition coefficient (Wildman–Crippen LogP) is 0.981. The molecule has 0 fully saturated rings. The van der Waals surface area contributed by atoms with Gasteiger partial charge in [-0.25, -0.2) is 4.79 Å². The number of carbonyl (C=O) groups excluding carboxylic acids is 1. The topological polar surface area (TPSA) is 38.3 Å². The molecule has 0 unspecified atom stereocenters. The second kappa shape index (κ2) is 4.96. The number of terminal acetylenes is 1. The van der Waals surface area contributed by atoms with E-state index in [1.165, 1.54) is 0 Å². The van der Waals surface area contributed by atoms with Gasteiger partial charge in [0.05, 0.1) is 12.1 Å². The molecule has 1 N–H and O–H groups in total. The summed E-state index contributed by atoms with van der Waals surface area (Å²) in [6, 6.07) is 8.68. The summed E-state index contributed by atoms with van der Waals surface area (Å²) in [5, 5.41) is 0. The van der Waals surface area contributed by atoms with Crippen molar-refractivity contribution in [2.75, 3.05) is 6.54 Å². The van der Waals surface area contributed by atoms with Crippen LogP contribution in [0.15, 0.2) is 30.3 Å². The molecule has 1 aromatic rings. The van der Waals surface area contributed by atoms with Gasteiger partial charge in [-0.15, -0.1) is 11.9 Å². The molecule has 0 amide bonds. The lowest BCUT2D eigenvalue weighted by molar-refractivity contribution is 0.0283. The Morgan fingerprint density at radius 2 is 2.15 bits per heavy atom. The molecule has 66 valence electrons. The Bertz CT molecular complexity index is 313.